The van der Waals surface area contributed by atoms with Crippen LogP contribution in [0.1, 0.15) is 44.9 Å². The Morgan fingerprint density at radius 1 is 0.571 bits per heavy atom. The van der Waals surface area contributed by atoms with Crippen LogP contribution in [0.4, 0.5) is 0 Å². The summed E-state index contributed by atoms with van der Waals surface area (Å²) in [5.74, 6) is 3.63. The fourth-order valence-corrected chi connectivity index (χ4v) is 5.55. The number of hydrogen-bond acceptors (Lipinski definition) is 3. The molecular weight excluding hydrogens is 346 g/mol. The topological polar surface area (TPSA) is 30.5 Å². The van der Waals surface area contributed by atoms with Crippen LogP contribution in [0.15, 0.2) is 48.6 Å². The lowest BCUT2D eigenvalue weighted by atomic mass is 10.1. The van der Waals surface area contributed by atoms with Gasteiger partial charge in [0, 0.05) is 18.5 Å². The van der Waals surface area contributed by atoms with Gasteiger partial charge in [-0.2, -0.15) is 0 Å². The van der Waals surface area contributed by atoms with E-state index in [1.165, 1.54) is 51.5 Å². The van der Waals surface area contributed by atoms with Crippen molar-refractivity contribution < 1.29 is 9.47 Å². The van der Waals surface area contributed by atoms with Crippen LogP contribution < -0.4 is 5.32 Å². The molecule has 0 aromatic rings. The van der Waals surface area contributed by atoms with Gasteiger partial charge in [-0.3, -0.25) is 0 Å². The highest BCUT2D eigenvalue weighted by Crippen LogP contribution is 2.38. The van der Waals surface area contributed by atoms with Crippen LogP contribution in [0, 0.1) is 23.7 Å². The lowest BCUT2D eigenvalue weighted by Gasteiger charge is -2.00. The Labute approximate surface area is 169 Å². The monoisotopic (exact) mass is 381 g/mol. The van der Waals surface area contributed by atoms with E-state index in [1.807, 2.05) is 0 Å². The van der Waals surface area contributed by atoms with Crippen LogP contribution in [-0.2, 0) is 9.47 Å². The Kier molecular flexibility index (Phi) is 5.85. The Morgan fingerprint density at radius 3 is 1.39 bits per heavy atom. The molecule has 28 heavy (non-hydrogen) atoms. The summed E-state index contributed by atoms with van der Waals surface area (Å²) in [6.45, 7) is 2.20. The van der Waals surface area contributed by atoms with Crippen molar-refractivity contribution in [2.24, 2.45) is 23.7 Å². The summed E-state index contributed by atoms with van der Waals surface area (Å²) in [5, 5.41) is 3.37. The van der Waals surface area contributed by atoms with E-state index in [2.05, 4.69) is 53.9 Å². The summed E-state index contributed by atoms with van der Waals surface area (Å²) >= 11 is 0. The number of hydrogen-bond donors (Lipinski definition) is 1. The van der Waals surface area contributed by atoms with Crippen molar-refractivity contribution >= 4 is 0 Å². The molecule has 1 N–H and O–H groups in total. The first kappa shape index (κ1) is 18.8. The minimum absolute atomic E-state index is 0.491. The molecule has 1 saturated carbocycles. The van der Waals surface area contributed by atoms with Gasteiger partial charge in [-0.15, -0.1) is 0 Å². The fraction of sp³-hybridized carbons (Fsp3) is 0.680. The van der Waals surface area contributed by atoms with Gasteiger partial charge in [0.05, 0.1) is 24.9 Å². The first-order valence-electron chi connectivity index (χ1n) is 11.5. The number of allylic oxidation sites excluding steroid dienone is 2. The van der Waals surface area contributed by atoms with Crippen molar-refractivity contribution in [1.82, 2.24) is 5.32 Å². The zero-order valence-corrected chi connectivity index (χ0v) is 16.9. The zero-order valence-electron chi connectivity index (χ0n) is 16.9. The van der Waals surface area contributed by atoms with E-state index in [0.717, 1.165) is 36.3 Å². The minimum Gasteiger partial charge on any atom is -0.374 e. The molecule has 8 unspecified atom stereocenters. The summed E-state index contributed by atoms with van der Waals surface area (Å²) in [5.41, 5.74) is 0. The van der Waals surface area contributed by atoms with Gasteiger partial charge in [0.25, 0.3) is 0 Å². The Balaban J connectivity index is 0.0000000813. The quantitative estimate of drug-likeness (QED) is 0.624. The van der Waals surface area contributed by atoms with E-state index < -0.39 is 0 Å². The third-order valence-corrected chi connectivity index (χ3v) is 7.27. The first-order valence-corrected chi connectivity index (χ1v) is 11.5. The molecule has 3 heteroatoms. The standard InChI is InChI=1S/C7H10.C6H9N.2C6H8O/c1-2-7-4-3-6(1)5-7;2*1-2-6-3-5(1)4-7-6;1-2-6-4-3-5(1)7-6/h1-2,6-7H,3-5H2;1-2,5-7H,3-4H2;2*1-2,5-6H,3-4H2. The summed E-state index contributed by atoms with van der Waals surface area (Å²) in [4.78, 5) is 0. The van der Waals surface area contributed by atoms with Crippen LogP contribution in [0.25, 0.3) is 0 Å². The molecule has 0 aromatic carbocycles. The van der Waals surface area contributed by atoms with E-state index in [0.29, 0.717) is 18.3 Å². The van der Waals surface area contributed by atoms with Crippen LogP contribution in [0.3, 0.4) is 0 Å². The van der Waals surface area contributed by atoms with Crippen molar-refractivity contribution in [2.75, 3.05) is 13.2 Å². The fourth-order valence-electron chi connectivity index (χ4n) is 5.55. The molecule has 0 spiro atoms. The smallest absolute Gasteiger partial charge is 0.0765 e. The molecule has 8 atom stereocenters. The minimum atomic E-state index is 0.491. The second kappa shape index (κ2) is 8.69. The Hall–Kier alpha value is -1.16. The molecule has 8 rings (SSSR count). The highest BCUT2D eigenvalue weighted by molar-refractivity contribution is 5.11. The highest BCUT2D eigenvalue weighted by Gasteiger charge is 2.27. The maximum atomic E-state index is 5.36. The predicted molar refractivity (Wildman–Crippen MR) is 113 cm³/mol. The van der Waals surface area contributed by atoms with Crippen LogP contribution >= 0.6 is 0 Å². The van der Waals surface area contributed by atoms with Crippen molar-refractivity contribution in [3.63, 3.8) is 0 Å². The molecule has 4 aliphatic carbocycles. The molecular formula is C25H35NO2. The second-order valence-corrected chi connectivity index (χ2v) is 9.54. The molecule has 0 amide bonds. The molecule has 4 heterocycles. The molecule has 152 valence electrons. The zero-order chi connectivity index (χ0) is 18.8. The summed E-state index contributed by atoms with van der Waals surface area (Å²) in [6.07, 6.45) is 29.1. The van der Waals surface area contributed by atoms with E-state index in [1.54, 1.807) is 0 Å². The molecule has 8 aliphatic rings. The maximum Gasteiger partial charge on any atom is 0.0765 e. The van der Waals surface area contributed by atoms with E-state index in [9.17, 15) is 0 Å². The Bertz CT molecular complexity index is 491. The molecule has 8 bridgehead atoms. The third-order valence-electron chi connectivity index (χ3n) is 7.27. The number of nitrogens with one attached hydrogen (secondary N) is 1. The molecule has 0 aromatic heterocycles. The lowest BCUT2D eigenvalue weighted by Crippen LogP contribution is -2.20. The van der Waals surface area contributed by atoms with Gasteiger partial charge in [-0.1, -0.05) is 48.6 Å². The van der Waals surface area contributed by atoms with Gasteiger partial charge in [0.15, 0.2) is 0 Å². The van der Waals surface area contributed by atoms with Crippen LogP contribution in [0.2, 0.25) is 0 Å². The SMILES string of the molecule is C1=CC2CC1CN2.C1=CC2CC1CO2.C1=CC2CCC1C2.C1=CC2CCC1O2. The van der Waals surface area contributed by atoms with E-state index >= 15 is 0 Å². The molecule has 4 fully saturated rings. The normalized spacial score (nSPS) is 45.7. The Morgan fingerprint density at radius 2 is 1.25 bits per heavy atom. The third kappa shape index (κ3) is 4.69. The van der Waals surface area contributed by atoms with Crippen molar-refractivity contribution in [2.45, 2.75) is 69.3 Å². The molecule has 3 nitrogen and oxygen atoms in total. The van der Waals surface area contributed by atoms with Gasteiger partial charge in [-0.05, 0) is 62.7 Å². The van der Waals surface area contributed by atoms with Gasteiger partial charge >= 0.3 is 0 Å². The average Bonchev–Trinajstić information content (AvgIpc) is 3.63. The van der Waals surface area contributed by atoms with Gasteiger partial charge in [-0.25, -0.2) is 0 Å². The summed E-state index contributed by atoms with van der Waals surface area (Å²) < 4.78 is 10.6. The van der Waals surface area contributed by atoms with Crippen molar-refractivity contribution in [3.05, 3.63) is 48.6 Å². The van der Waals surface area contributed by atoms with E-state index in [-0.39, 0.29) is 0 Å². The first-order chi connectivity index (χ1) is 13.8. The molecule has 3 saturated heterocycles. The van der Waals surface area contributed by atoms with E-state index in [4.69, 9.17) is 9.47 Å². The van der Waals surface area contributed by atoms with Crippen molar-refractivity contribution in [1.29, 1.82) is 0 Å². The number of ether oxygens (including phenoxy) is 2. The second-order valence-electron chi connectivity index (χ2n) is 9.54. The number of rotatable bonds is 0. The summed E-state index contributed by atoms with van der Waals surface area (Å²) in [7, 11) is 0. The van der Waals surface area contributed by atoms with Crippen LogP contribution in [-0.4, -0.2) is 37.5 Å². The molecule has 0 radical (unpaired) electrons. The highest BCUT2D eigenvalue weighted by atomic mass is 16.5. The van der Waals surface area contributed by atoms with Gasteiger partial charge < -0.3 is 14.8 Å². The largest absolute Gasteiger partial charge is 0.374 e. The van der Waals surface area contributed by atoms with Crippen molar-refractivity contribution in [3.8, 4) is 0 Å². The van der Waals surface area contributed by atoms with Crippen LogP contribution in [0.5, 0.6) is 0 Å². The van der Waals surface area contributed by atoms with Gasteiger partial charge in [0.2, 0.25) is 0 Å². The average molecular weight is 382 g/mol. The molecule has 4 aliphatic heterocycles. The lowest BCUT2D eigenvalue weighted by molar-refractivity contribution is 0.120. The summed E-state index contributed by atoms with van der Waals surface area (Å²) in [6, 6.07) is 0.741. The van der Waals surface area contributed by atoms with Gasteiger partial charge in [0.1, 0.15) is 0 Å². The maximum absolute atomic E-state index is 5.36. The predicted octanol–water partition coefficient (Wildman–Crippen LogP) is 4.57. The number of fused-ring (bicyclic) bond motifs is 8.